The number of nitrogens with one attached hydrogen (secondary N) is 2. The van der Waals surface area contributed by atoms with Crippen molar-refractivity contribution in [2.45, 2.75) is 13.5 Å². The van der Waals surface area contributed by atoms with Crippen LogP contribution in [0.1, 0.15) is 11.4 Å². The molecule has 0 aliphatic rings. The van der Waals surface area contributed by atoms with Crippen LogP contribution in [0.25, 0.3) is 0 Å². The molecule has 84 valence electrons. The van der Waals surface area contributed by atoms with E-state index in [2.05, 4.69) is 31.2 Å². The molecule has 1 aromatic carbocycles. The van der Waals surface area contributed by atoms with Crippen LogP contribution in [0.4, 0.5) is 10.1 Å². The largest absolute Gasteiger partial charge is 0.379 e. The molecule has 0 saturated carbocycles. The van der Waals surface area contributed by atoms with Gasteiger partial charge in [0.05, 0.1) is 23.0 Å². The molecule has 0 aliphatic heterocycles. The molecule has 0 unspecified atom stereocenters. The second kappa shape index (κ2) is 4.65. The lowest BCUT2D eigenvalue weighted by atomic mass is 10.3. The van der Waals surface area contributed by atoms with E-state index in [0.717, 1.165) is 17.1 Å². The Morgan fingerprint density at radius 2 is 2.31 bits per heavy atom. The molecule has 2 aromatic rings. The van der Waals surface area contributed by atoms with Gasteiger partial charge in [-0.25, -0.2) is 9.37 Å². The third-order valence-electron chi connectivity index (χ3n) is 2.31. The van der Waals surface area contributed by atoms with Gasteiger partial charge in [-0.2, -0.15) is 0 Å². The molecular weight excluding hydrogens is 273 g/mol. The molecule has 0 spiro atoms. The van der Waals surface area contributed by atoms with Gasteiger partial charge in [0.1, 0.15) is 5.82 Å². The molecule has 0 atom stereocenters. The lowest BCUT2D eigenvalue weighted by molar-refractivity contribution is 0.621. The predicted octanol–water partition coefficient (Wildman–Crippen LogP) is 3.23. The van der Waals surface area contributed by atoms with Gasteiger partial charge in [-0.3, -0.25) is 0 Å². The molecule has 0 bridgehead atoms. The number of hydrogen-bond acceptors (Lipinski definition) is 2. The average molecular weight is 284 g/mol. The highest BCUT2D eigenvalue weighted by molar-refractivity contribution is 9.10. The van der Waals surface area contributed by atoms with E-state index < -0.39 is 0 Å². The first-order valence-corrected chi connectivity index (χ1v) is 5.64. The summed E-state index contributed by atoms with van der Waals surface area (Å²) in [6.45, 7) is 2.58. The number of benzene rings is 1. The fourth-order valence-electron chi connectivity index (χ4n) is 1.36. The minimum atomic E-state index is -0.262. The Hall–Kier alpha value is -1.36. The Labute approximate surface area is 101 Å². The molecule has 0 saturated heterocycles. The van der Waals surface area contributed by atoms with E-state index in [1.165, 1.54) is 6.07 Å². The van der Waals surface area contributed by atoms with E-state index >= 15 is 0 Å². The minimum absolute atomic E-state index is 0.262. The van der Waals surface area contributed by atoms with Crippen molar-refractivity contribution in [3.63, 3.8) is 0 Å². The second-order valence-electron chi connectivity index (χ2n) is 3.46. The van der Waals surface area contributed by atoms with E-state index in [-0.39, 0.29) is 5.82 Å². The quantitative estimate of drug-likeness (QED) is 0.908. The molecule has 0 radical (unpaired) electrons. The summed E-state index contributed by atoms with van der Waals surface area (Å²) >= 11 is 3.14. The van der Waals surface area contributed by atoms with Crippen LogP contribution in [0.15, 0.2) is 29.0 Å². The van der Waals surface area contributed by atoms with Crippen LogP contribution < -0.4 is 5.32 Å². The zero-order valence-electron chi connectivity index (χ0n) is 8.72. The number of rotatable bonds is 3. The first kappa shape index (κ1) is 11.1. The smallest absolute Gasteiger partial charge is 0.137 e. The standard InChI is InChI=1S/C11H11BrFN3/c1-7-11(16-6-15-7)5-14-8-2-3-10(13)9(12)4-8/h2-4,6,14H,5H2,1H3,(H,15,16). The van der Waals surface area contributed by atoms with E-state index in [1.807, 2.05) is 6.92 Å². The zero-order valence-corrected chi connectivity index (χ0v) is 10.3. The van der Waals surface area contributed by atoms with E-state index in [0.29, 0.717) is 11.0 Å². The molecule has 0 fully saturated rings. The molecule has 0 aliphatic carbocycles. The van der Waals surface area contributed by atoms with Crippen molar-refractivity contribution in [2.24, 2.45) is 0 Å². The van der Waals surface area contributed by atoms with Crippen LogP contribution in [0.3, 0.4) is 0 Å². The Morgan fingerprint density at radius 3 is 2.94 bits per heavy atom. The van der Waals surface area contributed by atoms with Gasteiger partial charge in [-0.1, -0.05) is 0 Å². The van der Waals surface area contributed by atoms with Gasteiger partial charge in [-0.05, 0) is 41.1 Å². The molecule has 1 heterocycles. The van der Waals surface area contributed by atoms with Crippen LogP contribution in [0.5, 0.6) is 0 Å². The number of aromatic nitrogens is 2. The van der Waals surface area contributed by atoms with Crippen molar-refractivity contribution in [3.8, 4) is 0 Å². The van der Waals surface area contributed by atoms with Gasteiger partial charge in [0.15, 0.2) is 0 Å². The average Bonchev–Trinajstić information content (AvgIpc) is 2.66. The van der Waals surface area contributed by atoms with Crippen molar-refractivity contribution < 1.29 is 4.39 Å². The Balaban J connectivity index is 2.05. The number of imidazole rings is 1. The maximum Gasteiger partial charge on any atom is 0.137 e. The highest BCUT2D eigenvalue weighted by Crippen LogP contribution is 2.20. The topological polar surface area (TPSA) is 40.7 Å². The first-order chi connectivity index (χ1) is 7.66. The molecule has 3 nitrogen and oxygen atoms in total. The Bertz CT molecular complexity index is 496. The molecular formula is C11H11BrFN3. The second-order valence-corrected chi connectivity index (χ2v) is 4.31. The van der Waals surface area contributed by atoms with Crippen LogP contribution in [-0.4, -0.2) is 9.97 Å². The maximum atomic E-state index is 13.0. The van der Waals surface area contributed by atoms with Crippen LogP contribution in [0, 0.1) is 12.7 Å². The van der Waals surface area contributed by atoms with Gasteiger partial charge in [0.2, 0.25) is 0 Å². The number of nitrogens with zero attached hydrogens (tertiary/aromatic N) is 1. The maximum absolute atomic E-state index is 13.0. The number of hydrogen-bond donors (Lipinski definition) is 2. The lowest BCUT2D eigenvalue weighted by Gasteiger charge is -2.06. The summed E-state index contributed by atoms with van der Waals surface area (Å²) in [5, 5.41) is 3.18. The van der Waals surface area contributed by atoms with E-state index in [1.54, 1.807) is 18.5 Å². The summed E-state index contributed by atoms with van der Waals surface area (Å²) < 4.78 is 13.4. The zero-order chi connectivity index (χ0) is 11.5. The summed E-state index contributed by atoms with van der Waals surface area (Å²) in [7, 11) is 0. The first-order valence-electron chi connectivity index (χ1n) is 4.84. The number of aromatic amines is 1. The van der Waals surface area contributed by atoms with E-state index in [4.69, 9.17) is 0 Å². The Morgan fingerprint density at radius 1 is 1.50 bits per heavy atom. The molecule has 0 amide bonds. The van der Waals surface area contributed by atoms with Gasteiger partial charge in [0.25, 0.3) is 0 Å². The summed E-state index contributed by atoms with van der Waals surface area (Å²) in [5.74, 6) is -0.262. The van der Waals surface area contributed by atoms with Gasteiger partial charge < -0.3 is 10.3 Å². The number of aryl methyl sites for hydroxylation is 1. The molecule has 1 aromatic heterocycles. The highest BCUT2D eigenvalue weighted by Gasteiger charge is 2.02. The van der Waals surface area contributed by atoms with Crippen molar-refractivity contribution in [2.75, 3.05) is 5.32 Å². The lowest BCUT2D eigenvalue weighted by Crippen LogP contribution is -2.01. The molecule has 2 rings (SSSR count). The fourth-order valence-corrected chi connectivity index (χ4v) is 1.74. The summed E-state index contributed by atoms with van der Waals surface area (Å²) in [6, 6.07) is 4.82. The van der Waals surface area contributed by atoms with Gasteiger partial charge in [0, 0.05) is 11.4 Å². The van der Waals surface area contributed by atoms with Crippen molar-refractivity contribution in [1.29, 1.82) is 0 Å². The highest BCUT2D eigenvalue weighted by atomic mass is 79.9. The SMILES string of the molecule is Cc1[nH]cnc1CNc1ccc(F)c(Br)c1. The third-order valence-corrected chi connectivity index (χ3v) is 2.92. The van der Waals surface area contributed by atoms with Crippen molar-refractivity contribution in [1.82, 2.24) is 9.97 Å². The number of anilines is 1. The van der Waals surface area contributed by atoms with Crippen LogP contribution in [-0.2, 0) is 6.54 Å². The fraction of sp³-hybridized carbons (Fsp3) is 0.182. The molecule has 16 heavy (non-hydrogen) atoms. The summed E-state index contributed by atoms with van der Waals surface area (Å²) in [4.78, 5) is 7.17. The predicted molar refractivity (Wildman–Crippen MR) is 64.8 cm³/mol. The molecule has 2 N–H and O–H groups in total. The summed E-state index contributed by atoms with van der Waals surface area (Å²) in [6.07, 6.45) is 1.66. The Kier molecular flexibility index (Phi) is 3.24. The van der Waals surface area contributed by atoms with E-state index in [9.17, 15) is 4.39 Å². The summed E-state index contributed by atoms with van der Waals surface area (Å²) in [5.41, 5.74) is 2.85. The number of halogens is 2. The normalized spacial score (nSPS) is 10.4. The van der Waals surface area contributed by atoms with Crippen LogP contribution in [0.2, 0.25) is 0 Å². The van der Waals surface area contributed by atoms with Gasteiger partial charge in [-0.15, -0.1) is 0 Å². The van der Waals surface area contributed by atoms with Crippen molar-refractivity contribution >= 4 is 21.6 Å². The third kappa shape index (κ3) is 2.41. The monoisotopic (exact) mass is 283 g/mol. The molecule has 5 heteroatoms. The minimum Gasteiger partial charge on any atom is -0.379 e. The van der Waals surface area contributed by atoms with Crippen LogP contribution >= 0.6 is 15.9 Å². The van der Waals surface area contributed by atoms with Gasteiger partial charge >= 0.3 is 0 Å². The number of H-pyrrole nitrogens is 1. The van der Waals surface area contributed by atoms with Crippen molar-refractivity contribution in [3.05, 3.63) is 46.2 Å².